The second-order valence-electron chi connectivity index (χ2n) is 6.39. The Kier molecular flexibility index (Phi) is 7.19. The number of benzene rings is 2. The molecule has 0 aromatic heterocycles. The molecule has 0 saturated carbocycles. The van der Waals surface area contributed by atoms with Crippen LogP contribution >= 0.6 is 11.8 Å². The maximum atomic E-state index is 12.7. The van der Waals surface area contributed by atoms with E-state index in [4.69, 9.17) is 14.2 Å². The van der Waals surface area contributed by atoms with E-state index in [0.717, 1.165) is 16.7 Å². The van der Waals surface area contributed by atoms with Gasteiger partial charge in [0.15, 0.2) is 11.5 Å². The minimum Gasteiger partial charge on any atom is -0.497 e. The Balaban J connectivity index is 1.70. The van der Waals surface area contributed by atoms with Gasteiger partial charge in [-0.15, -0.1) is 0 Å². The lowest BCUT2D eigenvalue weighted by molar-refractivity contribution is -0.127. The lowest BCUT2D eigenvalue weighted by Crippen LogP contribution is -2.36. The van der Waals surface area contributed by atoms with Crippen molar-refractivity contribution in [1.82, 2.24) is 4.90 Å². The summed E-state index contributed by atoms with van der Waals surface area (Å²) in [4.78, 5) is 38.5. The molecule has 3 amide bonds. The van der Waals surface area contributed by atoms with Crippen LogP contribution in [-0.2, 0) is 9.59 Å². The van der Waals surface area contributed by atoms with Crippen LogP contribution in [0.2, 0.25) is 0 Å². The number of anilines is 1. The SMILES string of the molecule is CCOc1cc(/C=C2/SC(=O)N(CC(=O)Nc3ccc(OC)cc3)C2=O)ccc1OC. The fourth-order valence-corrected chi connectivity index (χ4v) is 3.70. The van der Waals surface area contributed by atoms with Crippen molar-refractivity contribution in [1.29, 1.82) is 0 Å². The summed E-state index contributed by atoms with van der Waals surface area (Å²) in [6.07, 6.45) is 1.59. The Bertz CT molecular complexity index is 1020. The minimum atomic E-state index is -0.520. The van der Waals surface area contributed by atoms with E-state index in [9.17, 15) is 14.4 Å². The molecule has 2 aromatic carbocycles. The Hall–Kier alpha value is -3.46. The van der Waals surface area contributed by atoms with E-state index < -0.39 is 17.1 Å². The summed E-state index contributed by atoms with van der Waals surface area (Å²) in [5, 5.41) is 2.16. The molecule has 8 nitrogen and oxygen atoms in total. The van der Waals surface area contributed by atoms with E-state index in [1.54, 1.807) is 62.8 Å². The monoisotopic (exact) mass is 442 g/mol. The van der Waals surface area contributed by atoms with Gasteiger partial charge in [-0.3, -0.25) is 19.3 Å². The number of carbonyl (C=O) groups is 3. The first-order valence-corrected chi connectivity index (χ1v) is 10.3. The van der Waals surface area contributed by atoms with Crippen molar-refractivity contribution in [3.63, 3.8) is 0 Å². The molecule has 0 atom stereocenters. The van der Waals surface area contributed by atoms with E-state index in [1.165, 1.54) is 0 Å². The molecular weight excluding hydrogens is 420 g/mol. The number of carbonyl (C=O) groups excluding carboxylic acids is 3. The van der Waals surface area contributed by atoms with Gasteiger partial charge in [0, 0.05) is 5.69 Å². The summed E-state index contributed by atoms with van der Waals surface area (Å²) in [6.45, 7) is 1.94. The summed E-state index contributed by atoms with van der Waals surface area (Å²) < 4.78 is 15.9. The molecule has 0 radical (unpaired) electrons. The zero-order valence-corrected chi connectivity index (χ0v) is 18.2. The standard InChI is InChI=1S/C22H22N2O6S/c1-4-30-18-11-14(5-10-17(18)29-3)12-19-21(26)24(22(27)31-19)13-20(25)23-15-6-8-16(28-2)9-7-15/h5-12H,4,13H2,1-3H3,(H,23,25)/b19-12+. The number of hydrogen-bond donors (Lipinski definition) is 1. The molecule has 1 heterocycles. The molecule has 0 bridgehead atoms. The van der Waals surface area contributed by atoms with Gasteiger partial charge in [0.2, 0.25) is 5.91 Å². The van der Waals surface area contributed by atoms with E-state index in [-0.39, 0.29) is 11.4 Å². The fourth-order valence-electron chi connectivity index (χ4n) is 2.86. The number of nitrogens with one attached hydrogen (secondary N) is 1. The van der Waals surface area contributed by atoms with Crippen molar-refractivity contribution < 1.29 is 28.6 Å². The highest BCUT2D eigenvalue weighted by atomic mass is 32.2. The normalized spacial score (nSPS) is 14.7. The van der Waals surface area contributed by atoms with E-state index in [0.29, 0.717) is 35.1 Å². The first-order valence-electron chi connectivity index (χ1n) is 9.45. The maximum absolute atomic E-state index is 12.7. The number of methoxy groups -OCH3 is 2. The van der Waals surface area contributed by atoms with Crippen LogP contribution in [0.4, 0.5) is 10.5 Å². The molecule has 9 heteroatoms. The van der Waals surface area contributed by atoms with E-state index in [1.807, 2.05) is 6.92 Å². The summed E-state index contributed by atoms with van der Waals surface area (Å²) in [5.41, 5.74) is 1.22. The van der Waals surface area contributed by atoms with E-state index >= 15 is 0 Å². The molecule has 1 aliphatic rings. The Morgan fingerprint density at radius 3 is 2.45 bits per heavy atom. The molecule has 0 spiro atoms. The first kappa shape index (κ1) is 22.2. The predicted octanol–water partition coefficient (Wildman–Crippen LogP) is 3.78. The molecule has 2 aromatic rings. The van der Waals surface area contributed by atoms with Crippen LogP contribution in [0, 0.1) is 0 Å². The van der Waals surface area contributed by atoms with Crippen molar-refractivity contribution in [3.05, 3.63) is 52.9 Å². The lowest BCUT2D eigenvalue weighted by Gasteiger charge is -2.12. The van der Waals surface area contributed by atoms with Crippen molar-refractivity contribution in [3.8, 4) is 17.2 Å². The van der Waals surface area contributed by atoms with Gasteiger partial charge in [-0.25, -0.2) is 0 Å². The van der Waals surface area contributed by atoms with Gasteiger partial charge in [0.05, 0.1) is 25.7 Å². The Morgan fingerprint density at radius 1 is 1.06 bits per heavy atom. The predicted molar refractivity (Wildman–Crippen MR) is 118 cm³/mol. The molecule has 1 fully saturated rings. The highest BCUT2D eigenvalue weighted by Crippen LogP contribution is 2.34. The molecule has 1 aliphatic heterocycles. The van der Waals surface area contributed by atoms with Gasteiger partial charge in [0.25, 0.3) is 11.1 Å². The van der Waals surface area contributed by atoms with Crippen molar-refractivity contribution in [2.24, 2.45) is 0 Å². The number of rotatable bonds is 8. The molecule has 1 saturated heterocycles. The quantitative estimate of drug-likeness (QED) is 0.622. The number of ether oxygens (including phenoxy) is 3. The largest absolute Gasteiger partial charge is 0.497 e. The third kappa shape index (κ3) is 5.37. The number of thioether (sulfide) groups is 1. The zero-order chi connectivity index (χ0) is 22.4. The van der Waals surface area contributed by atoms with Gasteiger partial charge in [0.1, 0.15) is 12.3 Å². The van der Waals surface area contributed by atoms with Crippen LogP contribution in [0.5, 0.6) is 17.2 Å². The highest BCUT2D eigenvalue weighted by molar-refractivity contribution is 8.18. The number of amides is 3. The molecular formula is C22H22N2O6S. The van der Waals surface area contributed by atoms with Crippen LogP contribution in [0.1, 0.15) is 12.5 Å². The molecule has 3 rings (SSSR count). The van der Waals surface area contributed by atoms with Crippen molar-refractivity contribution >= 4 is 40.6 Å². The summed E-state index contributed by atoms with van der Waals surface area (Å²) in [7, 11) is 3.09. The average molecular weight is 442 g/mol. The van der Waals surface area contributed by atoms with Crippen LogP contribution < -0.4 is 19.5 Å². The molecule has 162 valence electrons. The Labute approximate surface area is 184 Å². The molecule has 0 unspecified atom stereocenters. The van der Waals surface area contributed by atoms with Crippen LogP contribution in [0.25, 0.3) is 6.08 Å². The molecule has 0 aliphatic carbocycles. The lowest BCUT2D eigenvalue weighted by atomic mass is 10.2. The maximum Gasteiger partial charge on any atom is 0.294 e. The van der Waals surface area contributed by atoms with Gasteiger partial charge >= 0.3 is 0 Å². The molecule has 1 N–H and O–H groups in total. The van der Waals surface area contributed by atoms with Gasteiger partial charge < -0.3 is 19.5 Å². The summed E-state index contributed by atoms with van der Waals surface area (Å²) in [6, 6.07) is 11.9. The summed E-state index contributed by atoms with van der Waals surface area (Å²) in [5.74, 6) is 0.768. The smallest absolute Gasteiger partial charge is 0.294 e. The van der Waals surface area contributed by atoms with E-state index in [2.05, 4.69) is 5.32 Å². The highest BCUT2D eigenvalue weighted by Gasteiger charge is 2.36. The van der Waals surface area contributed by atoms with Crippen LogP contribution in [-0.4, -0.2) is 49.3 Å². The Morgan fingerprint density at radius 2 is 1.81 bits per heavy atom. The third-order valence-corrected chi connectivity index (χ3v) is 5.24. The van der Waals surface area contributed by atoms with Gasteiger partial charge in [-0.2, -0.15) is 0 Å². The number of imide groups is 1. The summed E-state index contributed by atoms with van der Waals surface area (Å²) >= 11 is 0.789. The zero-order valence-electron chi connectivity index (χ0n) is 17.3. The fraction of sp³-hybridized carbons (Fsp3) is 0.227. The van der Waals surface area contributed by atoms with Crippen LogP contribution in [0.15, 0.2) is 47.4 Å². The van der Waals surface area contributed by atoms with Gasteiger partial charge in [-0.05, 0) is 66.7 Å². The topological polar surface area (TPSA) is 94.2 Å². The third-order valence-electron chi connectivity index (χ3n) is 4.33. The second-order valence-corrected chi connectivity index (χ2v) is 7.38. The number of nitrogens with zero attached hydrogens (tertiary/aromatic N) is 1. The minimum absolute atomic E-state index is 0.231. The number of hydrogen-bond acceptors (Lipinski definition) is 7. The van der Waals surface area contributed by atoms with Crippen LogP contribution in [0.3, 0.4) is 0 Å². The molecule has 31 heavy (non-hydrogen) atoms. The van der Waals surface area contributed by atoms with Gasteiger partial charge in [-0.1, -0.05) is 6.07 Å². The average Bonchev–Trinajstić information content (AvgIpc) is 3.02. The van der Waals surface area contributed by atoms with Crippen molar-refractivity contribution in [2.75, 3.05) is 32.7 Å². The second kappa shape index (κ2) is 10.0. The van der Waals surface area contributed by atoms with Crippen molar-refractivity contribution in [2.45, 2.75) is 6.92 Å². The first-order chi connectivity index (χ1) is 14.9.